The summed E-state index contributed by atoms with van der Waals surface area (Å²) in [4.78, 5) is 15.5. The quantitative estimate of drug-likeness (QED) is 0.561. The van der Waals surface area contributed by atoms with Crippen LogP contribution in [-0.2, 0) is 0 Å². The lowest BCUT2D eigenvalue weighted by molar-refractivity contribution is 0.101. The van der Waals surface area contributed by atoms with Crippen molar-refractivity contribution >= 4 is 28.6 Å². The molecule has 1 heterocycles. The van der Waals surface area contributed by atoms with Crippen LogP contribution in [0.15, 0.2) is 27.8 Å². The van der Waals surface area contributed by atoms with Crippen molar-refractivity contribution in [1.29, 1.82) is 0 Å². The van der Waals surface area contributed by atoms with Gasteiger partial charge in [-0.2, -0.15) is 0 Å². The number of aromatic nitrogens is 1. The Bertz CT molecular complexity index is 490. The minimum absolute atomic E-state index is 0.000553. The maximum absolute atomic E-state index is 11.3. The van der Waals surface area contributed by atoms with Crippen LogP contribution in [0.2, 0.25) is 0 Å². The highest BCUT2D eigenvalue weighted by Gasteiger charge is 2.11. The summed E-state index contributed by atoms with van der Waals surface area (Å²) in [6.07, 6.45) is 1.89. The summed E-state index contributed by atoms with van der Waals surface area (Å²) in [5.41, 5.74) is 1.92. The largest absolute Gasteiger partial charge is 0.431 e. The molecule has 0 radical (unpaired) electrons. The van der Waals surface area contributed by atoms with E-state index in [2.05, 4.69) is 4.98 Å². The fourth-order valence-electron chi connectivity index (χ4n) is 1.29. The number of hydrogen-bond donors (Lipinski definition) is 0. The van der Waals surface area contributed by atoms with Gasteiger partial charge >= 0.3 is 0 Å². The number of rotatable bonds is 2. The first-order chi connectivity index (χ1) is 6.72. The summed E-state index contributed by atoms with van der Waals surface area (Å²) >= 11 is 1.43. The van der Waals surface area contributed by atoms with Gasteiger partial charge in [0.15, 0.2) is 11.4 Å². The fraction of sp³-hybridized carbons (Fsp3) is 0.200. The molecule has 0 amide bonds. The van der Waals surface area contributed by atoms with E-state index in [1.54, 1.807) is 6.07 Å². The molecule has 1 aromatic heterocycles. The predicted molar refractivity (Wildman–Crippen MR) is 55.8 cm³/mol. The highest BCUT2D eigenvalue weighted by molar-refractivity contribution is 7.98. The minimum Gasteiger partial charge on any atom is -0.431 e. The molecule has 4 heteroatoms. The van der Waals surface area contributed by atoms with Gasteiger partial charge in [-0.05, 0) is 25.3 Å². The van der Waals surface area contributed by atoms with Crippen LogP contribution in [0.25, 0.3) is 11.1 Å². The molecule has 0 aliphatic heterocycles. The molecule has 72 valence electrons. The number of hydrogen-bond acceptors (Lipinski definition) is 4. The number of para-hydroxylation sites is 1. The van der Waals surface area contributed by atoms with Gasteiger partial charge in [-0.25, -0.2) is 4.98 Å². The Kier molecular flexibility index (Phi) is 2.29. The second-order valence-corrected chi connectivity index (χ2v) is 3.65. The molecule has 0 fully saturated rings. The molecule has 3 nitrogen and oxygen atoms in total. The number of benzene rings is 1. The molecular weight excluding hydrogens is 198 g/mol. The molecule has 0 spiro atoms. The molecule has 0 atom stereocenters. The zero-order valence-electron chi connectivity index (χ0n) is 7.90. The second kappa shape index (κ2) is 3.46. The van der Waals surface area contributed by atoms with Crippen LogP contribution in [0.5, 0.6) is 0 Å². The van der Waals surface area contributed by atoms with E-state index < -0.39 is 0 Å². The van der Waals surface area contributed by atoms with E-state index in [1.165, 1.54) is 18.7 Å². The summed E-state index contributed by atoms with van der Waals surface area (Å²) in [5, 5.41) is 0.591. The van der Waals surface area contributed by atoms with Crippen LogP contribution in [0, 0.1) is 0 Å². The molecule has 2 aromatic rings. The lowest BCUT2D eigenvalue weighted by Crippen LogP contribution is -1.91. The van der Waals surface area contributed by atoms with Crippen LogP contribution in [0.1, 0.15) is 17.3 Å². The average molecular weight is 207 g/mol. The standard InChI is InChI=1S/C10H9NO2S/c1-6(12)7-4-3-5-8-9(7)13-10(11-8)14-2/h3-5H,1-2H3. The number of carbonyl (C=O) groups is 1. The number of nitrogens with zero attached hydrogens (tertiary/aromatic N) is 1. The highest BCUT2D eigenvalue weighted by atomic mass is 32.2. The van der Waals surface area contributed by atoms with Gasteiger partial charge in [0, 0.05) is 0 Å². The molecular formula is C10H9NO2S. The molecule has 0 saturated carbocycles. The number of thioether (sulfide) groups is 1. The number of oxazole rings is 1. The lowest BCUT2D eigenvalue weighted by Gasteiger charge is -1.93. The third-order valence-electron chi connectivity index (χ3n) is 1.95. The Morgan fingerprint density at radius 2 is 2.29 bits per heavy atom. The van der Waals surface area contributed by atoms with E-state index in [-0.39, 0.29) is 5.78 Å². The van der Waals surface area contributed by atoms with Gasteiger partial charge in [0.2, 0.25) is 0 Å². The molecule has 0 aliphatic carbocycles. The SMILES string of the molecule is CSc1nc2cccc(C(C)=O)c2o1. The summed E-state index contributed by atoms with van der Waals surface area (Å²) < 4.78 is 5.44. The summed E-state index contributed by atoms with van der Waals surface area (Å²) in [6.45, 7) is 1.52. The van der Waals surface area contributed by atoms with Crippen LogP contribution in [0.4, 0.5) is 0 Å². The molecule has 0 bridgehead atoms. The smallest absolute Gasteiger partial charge is 0.256 e. The van der Waals surface area contributed by atoms with Crippen molar-refractivity contribution in [3.63, 3.8) is 0 Å². The van der Waals surface area contributed by atoms with E-state index in [9.17, 15) is 4.79 Å². The van der Waals surface area contributed by atoms with E-state index in [0.29, 0.717) is 16.4 Å². The Labute approximate surface area is 85.5 Å². The second-order valence-electron chi connectivity index (χ2n) is 2.89. The van der Waals surface area contributed by atoms with Gasteiger partial charge in [-0.15, -0.1) is 0 Å². The first kappa shape index (κ1) is 9.27. The zero-order valence-corrected chi connectivity index (χ0v) is 8.72. The first-order valence-corrected chi connectivity index (χ1v) is 5.39. The van der Waals surface area contributed by atoms with Crippen molar-refractivity contribution in [2.75, 3.05) is 6.26 Å². The van der Waals surface area contributed by atoms with Gasteiger partial charge in [0.25, 0.3) is 5.22 Å². The average Bonchev–Trinajstić information content (AvgIpc) is 2.59. The van der Waals surface area contributed by atoms with Gasteiger partial charge in [0.05, 0.1) is 5.56 Å². The third kappa shape index (κ3) is 1.42. The van der Waals surface area contributed by atoms with Crippen molar-refractivity contribution in [3.05, 3.63) is 23.8 Å². The summed E-state index contributed by atoms with van der Waals surface area (Å²) in [7, 11) is 0. The molecule has 0 saturated heterocycles. The van der Waals surface area contributed by atoms with Gasteiger partial charge in [-0.1, -0.05) is 17.8 Å². The fourth-order valence-corrected chi connectivity index (χ4v) is 1.65. The van der Waals surface area contributed by atoms with Crippen LogP contribution in [-0.4, -0.2) is 17.0 Å². The maximum atomic E-state index is 11.3. The third-order valence-corrected chi connectivity index (χ3v) is 2.47. The normalized spacial score (nSPS) is 10.7. The van der Waals surface area contributed by atoms with Gasteiger partial charge in [-0.3, -0.25) is 4.79 Å². The summed E-state index contributed by atoms with van der Waals surface area (Å²) in [5.74, 6) is -0.000553. The van der Waals surface area contributed by atoms with E-state index in [1.807, 2.05) is 18.4 Å². The van der Waals surface area contributed by atoms with Gasteiger partial charge in [0.1, 0.15) is 5.52 Å². The Morgan fingerprint density at radius 1 is 1.50 bits per heavy atom. The monoisotopic (exact) mass is 207 g/mol. The van der Waals surface area contributed by atoms with Crippen LogP contribution >= 0.6 is 11.8 Å². The van der Waals surface area contributed by atoms with Crippen molar-refractivity contribution in [2.45, 2.75) is 12.1 Å². The molecule has 0 N–H and O–H groups in total. The van der Waals surface area contributed by atoms with Crippen molar-refractivity contribution < 1.29 is 9.21 Å². The maximum Gasteiger partial charge on any atom is 0.256 e. The van der Waals surface area contributed by atoms with Crippen LogP contribution in [0.3, 0.4) is 0 Å². The molecule has 14 heavy (non-hydrogen) atoms. The number of Topliss-reactive ketones (excluding diaryl/α,β-unsaturated/α-hetero) is 1. The minimum atomic E-state index is -0.000553. The Balaban J connectivity index is 2.73. The van der Waals surface area contributed by atoms with E-state index in [4.69, 9.17) is 4.42 Å². The molecule has 0 aliphatic rings. The van der Waals surface area contributed by atoms with E-state index in [0.717, 1.165) is 5.52 Å². The topological polar surface area (TPSA) is 43.1 Å². The number of ketones is 1. The molecule has 1 aromatic carbocycles. The van der Waals surface area contributed by atoms with E-state index >= 15 is 0 Å². The summed E-state index contributed by atoms with van der Waals surface area (Å²) in [6, 6.07) is 5.40. The first-order valence-electron chi connectivity index (χ1n) is 4.17. The number of carbonyl (C=O) groups excluding carboxylic acids is 1. The Hall–Kier alpha value is -1.29. The molecule has 0 unspecified atom stereocenters. The Morgan fingerprint density at radius 3 is 2.93 bits per heavy atom. The van der Waals surface area contributed by atoms with Gasteiger partial charge < -0.3 is 4.42 Å². The lowest BCUT2D eigenvalue weighted by atomic mass is 10.1. The van der Waals surface area contributed by atoms with Crippen molar-refractivity contribution in [2.24, 2.45) is 0 Å². The number of fused-ring (bicyclic) bond motifs is 1. The molecule has 2 rings (SSSR count). The zero-order chi connectivity index (χ0) is 10.1. The highest BCUT2D eigenvalue weighted by Crippen LogP contribution is 2.24. The van der Waals surface area contributed by atoms with Crippen molar-refractivity contribution in [3.8, 4) is 0 Å². The predicted octanol–water partition coefficient (Wildman–Crippen LogP) is 2.75. The van der Waals surface area contributed by atoms with Crippen molar-refractivity contribution in [1.82, 2.24) is 4.98 Å². The van der Waals surface area contributed by atoms with Crippen LogP contribution < -0.4 is 0 Å².